The molecule has 1 saturated carbocycles. The van der Waals surface area contributed by atoms with Crippen LogP contribution in [0.3, 0.4) is 0 Å². The number of rotatable bonds is 6. The Morgan fingerprint density at radius 1 is 1.17 bits per heavy atom. The Bertz CT molecular complexity index is 366. The second kappa shape index (κ2) is 9.03. The highest BCUT2D eigenvalue weighted by atomic mass is 16.2. The van der Waals surface area contributed by atoms with Crippen molar-refractivity contribution in [2.75, 3.05) is 26.7 Å². The number of amides is 1. The second-order valence-electron chi connectivity index (χ2n) is 7.93. The van der Waals surface area contributed by atoms with Crippen LogP contribution in [-0.4, -0.2) is 49.6 Å². The van der Waals surface area contributed by atoms with Gasteiger partial charge >= 0.3 is 0 Å². The predicted octanol–water partition coefficient (Wildman–Crippen LogP) is 2.64. The Labute approximate surface area is 142 Å². The van der Waals surface area contributed by atoms with Crippen LogP contribution >= 0.6 is 0 Å². The van der Waals surface area contributed by atoms with Crippen LogP contribution in [0, 0.1) is 17.8 Å². The number of likely N-dealkylation sites (tertiary alicyclic amines) is 1. The van der Waals surface area contributed by atoms with E-state index < -0.39 is 0 Å². The van der Waals surface area contributed by atoms with E-state index in [1.54, 1.807) is 0 Å². The fourth-order valence-electron chi connectivity index (χ4n) is 4.23. The van der Waals surface area contributed by atoms with Gasteiger partial charge in [-0.05, 0) is 77.0 Å². The first-order valence-electron chi connectivity index (χ1n) is 9.72. The Balaban J connectivity index is 1.77. The number of hydrogen-bond donors (Lipinski definition) is 2. The lowest BCUT2D eigenvalue weighted by Gasteiger charge is -2.38. The molecule has 2 aliphatic rings. The maximum absolute atomic E-state index is 12.7. The van der Waals surface area contributed by atoms with Crippen molar-refractivity contribution in [3.63, 3.8) is 0 Å². The Morgan fingerprint density at radius 3 is 2.52 bits per heavy atom. The summed E-state index contributed by atoms with van der Waals surface area (Å²) in [6.45, 7) is 9.95. The van der Waals surface area contributed by atoms with Crippen LogP contribution in [0.1, 0.15) is 59.3 Å². The quantitative estimate of drug-likeness (QED) is 0.790. The van der Waals surface area contributed by atoms with E-state index in [0.29, 0.717) is 12.0 Å². The third-order valence-corrected chi connectivity index (χ3v) is 6.41. The third kappa shape index (κ3) is 5.18. The van der Waals surface area contributed by atoms with Crippen LogP contribution in [0.2, 0.25) is 0 Å². The maximum Gasteiger partial charge on any atom is 0.237 e. The molecule has 4 atom stereocenters. The van der Waals surface area contributed by atoms with Crippen molar-refractivity contribution in [2.24, 2.45) is 17.8 Å². The SMILES string of the molecule is CNCCC1CCN(C(C)C(=O)NC2CCCC(C)C2C)CC1. The first kappa shape index (κ1) is 18.7. The summed E-state index contributed by atoms with van der Waals surface area (Å²) in [5, 5.41) is 6.59. The molecule has 1 amide bonds. The third-order valence-electron chi connectivity index (χ3n) is 6.41. The molecule has 2 N–H and O–H groups in total. The van der Waals surface area contributed by atoms with Gasteiger partial charge < -0.3 is 10.6 Å². The van der Waals surface area contributed by atoms with Gasteiger partial charge in [0.25, 0.3) is 0 Å². The molecular weight excluding hydrogens is 286 g/mol. The number of nitrogens with one attached hydrogen (secondary N) is 2. The molecule has 0 aromatic carbocycles. The standard InChI is InChI=1S/C19H37N3O/c1-14-6-5-7-18(15(14)2)21-19(23)16(3)22-12-9-17(10-13-22)8-11-20-4/h14-18,20H,5-13H2,1-4H3,(H,21,23). The van der Waals surface area contributed by atoms with Gasteiger partial charge in [-0.3, -0.25) is 9.69 Å². The van der Waals surface area contributed by atoms with Gasteiger partial charge in [-0.2, -0.15) is 0 Å². The van der Waals surface area contributed by atoms with E-state index in [-0.39, 0.29) is 11.9 Å². The monoisotopic (exact) mass is 323 g/mol. The zero-order valence-corrected chi connectivity index (χ0v) is 15.6. The minimum atomic E-state index is 0.0182. The van der Waals surface area contributed by atoms with Crippen LogP contribution in [0.5, 0.6) is 0 Å². The Morgan fingerprint density at radius 2 is 1.87 bits per heavy atom. The molecule has 1 aliphatic carbocycles. The lowest BCUT2D eigenvalue weighted by atomic mass is 9.78. The van der Waals surface area contributed by atoms with Gasteiger partial charge in [-0.25, -0.2) is 0 Å². The smallest absolute Gasteiger partial charge is 0.237 e. The van der Waals surface area contributed by atoms with Crippen LogP contribution in [0.4, 0.5) is 0 Å². The van der Waals surface area contributed by atoms with Crippen molar-refractivity contribution >= 4 is 5.91 Å². The zero-order chi connectivity index (χ0) is 16.8. The molecule has 0 spiro atoms. The summed E-state index contributed by atoms with van der Waals surface area (Å²) in [6, 6.07) is 0.395. The van der Waals surface area contributed by atoms with Gasteiger partial charge in [0.2, 0.25) is 5.91 Å². The molecule has 1 heterocycles. The molecule has 4 nitrogen and oxygen atoms in total. The number of carbonyl (C=O) groups excluding carboxylic acids is 1. The van der Waals surface area contributed by atoms with Gasteiger partial charge in [0.15, 0.2) is 0 Å². The first-order valence-corrected chi connectivity index (χ1v) is 9.72. The molecule has 4 heteroatoms. The van der Waals surface area contributed by atoms with Gasteiger partial charge in [0, 0.05) is 6.04 Å². The normalized spacial score (nSPS) is 31.7. The lowest BCUT2D eigenvalue weighted by Crippen LogP contribution is -2.53. The van der Waals surface area contributed by atoms with E-state index in [0.717, 1.165) is 37.9 Å². The van der Waals surface area contributed by atoms with Gasteiger partial charge in [0.05, 0.1) is 6.04 Å². The van der Waals surface area contributed by atoms with Crippen molar-refractivity contribution < 1.29 is 4.79 Å². The van der Waals surface area contributed by atoms with Crippen molar-refractivity contribution in [1.29, 1.82) is 0 Å². The summed E-state index contributed by atoms with van der Waals surface area (Å²) in [5.41, 5.74) is 0. The van der Waals surface area contributed by atoms with E-state index in [4.69, 9.17) is 0 Å². The summed E-state index contributed by atoms with van der Waals surface area (Å²) in [4.78, 5) is 15.0. The molecule has 4 unspecified atom stereocenters. The average Bonchev–Trinajstić information content (AvgIpc) is 2.57. The number of hydrogen-bond acceptors (Lipinski definition) is 3. The van der Waals surface area contributed by atoms with E-state index in [1.807, 2.05) is 7.05 Å². The van der Waals surface area contributed by atoms with E-state index in [1.165, 1.54) is 32.1 Å². The highest BCUT2D eigenvalue weighted by Crippen LogP contribution is 2.29. The lowest BCUT2D eigenvalue weighted by molar-refractivity contribution is -0.128. The largest absolute Gasteiger partial charge is 0.352 e. The molecule has 0 aromatic rings. The second-order valence-corrected chi connectivity index (χ2v) is 7.93. The Kier molecular flexibility index (Phi) is 7.35. The van der Waals surface area contributed by atoms with Crippen molar-refractivity contribution in [2.45, 2.75) is 71.4 Å². The van der Waals surface area contributed by atoms with E-state index in [2.05, 4.69) is 36.3 Å². The highest BCUT2D eigenvalue weighted by Gasteiger charge is 2.31. The topological polar surface area (TPSA) is 44.4 Å². The molecule has 1 saturated heterocycles. The van der Waals surface area contributed by atoms with Gasteiger partial charge in [-0.15, -0.1) is 0 Å². The molecule has 1 aliphatic heterocycles. The van der Waals surface area contributed by atoms with Crippen LogP contribution in [-0.2, 0) is 4.79 Å². The molecule has 0 aromatic heterocycles. The summed E-state index contributed by atoms with van der Waals surface area (Å²) in [5.74, 6) is 2.40. The Hall–Kier alpha value is -0.610. The molecule has 134 valence electrons. The summed E-state index contributed by atoms with van der Waals surface area (Å²) in [7, 11) is 2.02. The summed E-state index contributed by atoms with van der Waals surface area (Å²) >= 11 is 0. The van der Waals surface area contributed by atoms with Crippen LogP contribution < -0.4 is 10.6 Å². The summed E-state index contributed by atoms with van der Waals surface area (Å²) in [6.07, 6.45) is 7.44. The van der Waals surface area contributed by atoms with E-state index in [9.17, 15) is 4.79 Å². The average molecular weight is 324 g/mol. The summed E-state index contributed by atoms with van der Waals surface area (Å²) < 4.78 is 0. The van der Waals surface area contributed by atoms with E-state index >= 15 is 0 Å². The fourth-order valence-corrected chi connectivity index (χ4v) is 4.23. The molecule has 0 bridgehead atoms. The van der Waals surface area contributed by atoms with Crippen molar-refractivity contribution in [1.82, 2.24) is 15.5 Å². The van der Waals surface area contributed by atoms with Crippen molar-refractivity contribution in [3.8, 4) is 0 Å². The molecule has 0 radical (unpaired) electrons. The number of nitrogens with zero attached hydrogens (tertiary/aromatic N) is 1. The van der Waals surface area contributed by atoms with Crippen LogP contribution in [0.25, 0.3) is 0 Å². The fraction of sp³-hybridized carbons (Fsp3) is 0.947. The number of piperidine rings is 1. The van der Waals surface area contributed by atoms with Crippen LogP contribution in [0.15, 0.2) is 0 Å². The minimum Gasteiger partial charge on any atom is -0.352 e. The zero-order valence-electron chi connectivity index (χ0n) is 15.6. The van der Waals surface area contributed by atoms with Gasteiger partial charge in [-0.1, -0.05) is 26.7 Å². The number of carbonyl (C=O) groups is 1. The molecule has 2 rings (SSSR count). The molecule has 2 fully saturated rings. The predicted molar refractivity (Wildman–Crippen MR) is 96.4 cm³/mol. The minimum absolute atomic E-state index is 0.0182. The first-order chi connectivity index (χ1) is 11.0. The highest BCUT2D eigenvalue weighted by molar-refractivity contribution is 5.81. The van der Waals surface area contributed by atoms with Gasteiger partial charge in [0.1, 0.15) is 0 Å². The molecule has 23 heavy (non-hydrogen) atoms. The van der Waals surface area contributed by atoms with Crippen molar-refractivity contribution in [3.05, 3.63) is 0 Å². The maximum atomic E-state index is 12.7. The molecular formula is C19H37N3O.